The summed E-state index contributed by atoms with van der Waals surface area (Å²) < 4.78 is 2.38. The maximum atomic E-state index is 10.9. The number of hydrogen-bond acceptors (Lipinski definition) is 3. The number of aliphatic carboxylic acids is 1. The fourth-order valence-electron chi connectivity index (χ4n) is 1.44. The third kappa shape index (κ3) is 1.88. The van der Waals surface area contributed by atoms with Gasteiger partial charge in [0.15, 0.2) is 3.95 Å². The highest BCUT2D eigenvalue weighted by molar-refractivity contribution is 7.73. The molecule has 78 valence electrons. The Labute approximate surface area is 92.0 Å². The first-order chi connectivity index (χ1) is 6.49. The van der Waals surface area contributed by atoms with E-state index in [4.69, 9.17) is 17.3 Å². The molecule has 0 bridgehead atoms. The van der Waals surface area contributed by atoms with Gasteiger partial charge in [0.25, 0.3) is 0 Å². The number of rotatable bonds is 3. The minimum Gasteiger partial charge on any atom is -0.480 e. The predicted molar refractivity (Wildman–Crippen MR) is 59.6 cm³/mol. The van der Waals surface area contributed by atoms with Gasteiger partial charge in [-0.15, -0.1) is 11.3 Å². The lowest BCUT2D eigenvalue weighted by Crippen LogP contribution is -2.17. The van der Waals surface area contributed by atoms with Gasteiger partial charge >= 0.3 is 5.97 Å². The summed E-state index contributed by atoms with van der Waals surface area (Å²) in [7, 11) is 0. The predicted octanol–water partition coefficient (Wildman–Crippen LogP) is 2.80. The van der Waals surface area contributed by atoms with Crippen molar-refractivity contribution in [1.29, 1.82) is 0 Å². The molecule has 1 N–H and O–H groups in total. The molecule has 0 aliphatic rings. The zero-order valence-corrected chi connectivity index (χ0v) is 10.0. The Morgan fingerprint density at radius 1 is 1.71 bits per heavy atom. The molecule has 0 aliphatic heterocycles. The quantitative estimate of drug-likeness (QED) is 0.813. The van der Waals surface area contributed by atoms with Crippen molar-refractivity contribution in [3.63, 3.8) is 0 Å². The fourth-order valence-corrected chi connectivity index (χ4v) is 3.07. The smallest absolute Gasteiger partial charge is 0.326 e. The summed E-state index contributed by atoms with van der Waals surface area (Å²) >= 11 is 6.62. The van der Waals surface area contributed by atoms with Crippen LogP contribution in [0.25, 0.3) is 0 Å². The van der Waals surface area contributed by atoms with E-state index < -0.39 is 12.0 Å². The number of carboxylic acids is 1. The van der Waals surface area contributed by atoms with E-state index in [1.54, 1.807) is 11.5 Å². The van der Waals surface area contributed by atoms with Gasteiger partial charge in [-0.2, -0.15) is 0 Å². The van der Waals surface area contributed by atoms with E-state index in [-0.39, 0.29) is 0 Å². The molecule has 1 atom stereocenters. The van der Waals surface area contributed by atoms with Crippen molar-refractivity contribution in [2.75, 3.05) is 0 Å². The van der Waals surface area contributed by atoms with Crippen LogP contribution in [0.5, 0.6) is 0 Å². The van der Waals surface area contributed by atoms with Gasteiger partial charge in [-0.1, -0.05) is 6.92 Å². The number of aromatic nitrogens is 1. The zero-order chi connectivity index (χ0) is 10.9. The average molecular weight is 231 g/mol. The summed E-state index contributed by atoms with van der Waals surface area (Å²) in [6.07, 6.45) is 0.816. The molecule has 3 nitrogen and oxygen atoms in total. The van der Waals surface area contributed by atoms with Crippen LogP contribution in [-0.2, 0) is 11.2 Å². The normalized spacial score (nSPS) is 12.8. The van der Waals surface area contributed by atoms with Crippen LogP contribution in [0.2, 0.25) is 0 Å². The highest BCUT2D eigenvalue weighted by atomic mass is 32.1. The molecule has 1 aromatic rings. The Kier molecular flexibility index (Phi) is 3.44. The molecule has 5 heteroatoms. The molecule has 1 heterocycles. The van der Waals surface area contributed by atoms with E-state index in [9.17, 15) is 4.79 Å². The SMILES string of the molecule is CCc1c(C)sc(=S)n1[C@H](C)C(=O)O. The van der Waals surface area contributed by atoms with Gasteiger partial charge in [-0.05, 0) is 32.5 Å². The number of hydrogen-bond donors (Lipinski definition) is 1. The second-order valence-electron chi connectivity index (χ2n) is 3.11. The van der Waals surface area contributed by atoms with Crippen molar-refractivity contribution < 1.29 is 9.90 Å². The number of nitrogens with zero attached hydrogens (tertiary/aromatic N) is 1. The standard InChI is InChI=1S/C9H13NO2S2/c1-4-7-6(3)14-9(13)10(7)5(2)8(11)12/h5H,4H2,1-3H3,(H,11,12)/t5-/m1/s1. The summed E-state index contributed by atoms with van der Waals surface area (Å²) in [5.74, 6) is -0.839. The van der Waals surface area contributed by atoms with Crippen LogP contribution in [0.4, 0.5) is 0 Å². The molecule has 0 fully saturated rings. The van der Waals surface area contributed by atoms with E-state index in [0.29, 0.717) is 3.95 Å². The summed E-state index contributed by atoms with van der Waals surface area (Å²) in [4.78, 5) is 12.0. The van der Waals surface area contributed by atoms with Crippen molar-refractivity contribution in [2.24, 2.45) is 0 Å². The lowest BCUT2D eigenvalue weighted by Gasteiger charge is -2.12. The van der Waals surface area contributed by atoms with Crippen LogP contribution in [0, 0.1) is 10.9 Å². The van der Waals surface area contributed by atoms with Gasteiger partial charge in [0.2, 0.25) is 0 Å². The van der Waals surface area contributed by atoms with Crippen LogP contribution in [-0.4, -0.2) is 15.6 Å². The van der Waals surface area contributed by atoms with Crippen molar-refractivity contribution in [1.82, 2.24) is 4.57 Å². The first-order valence-corrected chi connectivity index (χ1v) is 5.65. The summed E-state index contributed by atoms with van der Waals surface area (Å²) in [6, 6.07) is -0.567. The molecule has 0 radical (unpaired) electrons. The molecule has 1 rings (SSSR count). The topological polar surface area (TPSA) is 42.2 Å². The molecular weight excluding hydrogens is 218 g/mol. The highest BCUT2D eigenvalue weighted by Crippen LogP contribution is 2.23. The molecule has 0 unspecified atom stereocenters. The van der Waals surface area contributed by atoms with Gasteiger partial charge in [0.1, 0.15) is 6.04 Å². The summed E-state index contributed by atoms with van der Waals surface area (Å²) in [5.41, 5.74) is 1.04. The number of aryl methyl sites for hydroxylation is 1. The lowest BCUT2D eigenvalue weighted by atomic mass is 10.2. The molecule has 0 spiro atoms. The Morgan fingerprint density at radius 3 is 2.71 bits per heavy atom. The molecule has 0 aromatic carbocycles. The van der Waals surface area contributed by atoms with Crippen molar-refractivity contribution in [3.05, 3.63) is 14.5 Å². The van der Waals surface area contributed by atoms with E-state index in [0.717, 1.165) is 17.0 Å². The number of thiazole rings is 1. The number of carboxylic acid groups (broad SMARTS) is 1. The van der Waals surface area contributed by atoms with Crippen LogP contribution >= 0.6 is 23.6 Å². The highest BCUT2D eigenvalue weighted by Gasteiger charge is 2.18. The largest absolute Gasteiger partial charge is 0.480 e. The first-order valence-electron chi connectivity index (χ1n) is 4.42. The second kappa shape index (κ2) is 4.23. The van der Waals surface area contributed by atoms with E-state index in [1.165, 1.54) is 11.3 Å². The molecule has 1 aromatic heterocycles. The van der Waals surface area contributed by atoms with Gasteiger partial charge in [-0.25, -0.2) is 4.79 Å². The first kappa shape index (κ1) is 11.4. The monoisotopic (exact) mass is 231 g/mol. The minimum absolute atomic E-state index is 0.567. The lowest BCUT2D eigenvalue weighted by molar-refractivity contribution is -0.140. The van der Waals surface area contributed by atoms with Crippen LogP contribution in [0.15, 0.2) is 0 Å². The van der Waals surface area contributed by atoms with E-state index >= 15 is 0 Å². The van der Waals surface area contributed by atoms with Crippen LogP contribution < -0.4 is 0 Å². The van der Waals surface area contributed by atoms with E-state index in [1.807, 2.05) is 13.8 Å². The molecule has 0 amide bonds. The third-order valence-electron chi connectivity index (χ3n) is 2.21. The number of carbonyl (C=O) groups is 1. The van der Waals surface area contributed by atoms with Crippen molar-refractivity contribution in [3.8, 4) is 0 Å². The Morgan fingerprint density at radius 2 is 2.29 bits per heavy atom. The molecule has 0 saturated carbocycles. The van der Waals surface area contributed by atoms with Gasteiger partial charge in [-0.3, -0.25) is 0 Å². The minimum atomic E-state index is -0.839. The molecular formula is C9H13NO2S2. The maximum absolute atomic E-state index is 10.9. The van der Waals surface area contributed by atoms with Crippen molar-refractivity contribution >= 4 is 29.5 Å². The van der Waals surface area contributed by atoms with Gasteiger partial charge in [0, 0.05) is 10.6 Å². The van der Waals surface area contributed by atoms with E-state index in [2.05, 4.69) is 0 Å². The van der Waals surface area contributed by atoms with Gasteiger partial charge in [0.05, 0.1) is 0 Å². The average Bonchev–Trinajstić information content (AvgIpc) is 2.38. The fraction of sp³-hybridized carbons (Fsp3) is 0.556. The van der Waals surface area contributed by atoms with Crippen LogP contribution in [0.1, 0.15) is 30.5 Å². The maximum Gasteiger partial charge on any atom is 0.326 e. The third-order valence-corrected chi connectivity index (χ3v) is 3.57. The van der Waals surface area contributed by atoms with Crippen LogP contribution in [0.3, 0.4) is 0 Å². The Bertz CT molecular complexity index is 405. The summed E-state index contributed by atoms with van der Waals surface area (Å²) in [6.45, 7) is 5.64. The molecule has 14 heavy (non-hydrogen) atoms. The summed E-state index contributed by atoms with van der Waals surface area (Å²) in [5, 5.41) is 8.93. The molecule has 0 aliphatic carbocycles. The zero-order valence-electron chi connectivity index (χ0n) is 8.40. The Hall–Kier alpha value is -0.680. The van der Waals surface area contributed by atoms with Gasteiger partial charge < -0.3 is 9.67 Å². The second-order valence-corrected chi connectivity index (χ2v) is 4.96. The Balaban J connectivity index is 3.32. The molecule has 0 saturated heterocycles. The van der Waals surface area contributed by atoms with Crippen molar-refractivity contribution in [2.45, 2.75) is 33.2 Å².